The van der Waals surface area contributed by atoms with E-state index in [0.717, 1.165) is 59.3 Å². The molecule has 0 amide bonds. The Kier molecular flexibility index (Phi) is 5.26. The molecule has 1 saturated carbocycles. The fourth-order valence-corrected chi connectivity index (χ4v) is 4.25. The Morgan fingerprint density at radius 1 is 1.03 bits per heavy atom. The highest BCUT2D eigenvalue weighted by Crippen LogP contribution is 2.33. The maximum absolute atomic E-state index is 6.03. The number of anilines is 3. The molecule has 7 nitrogen and oxygen atoms in total. The van der Waals surface area contributed by atoms with Gasteiger partial charge in [0.1, 0.15) is 5.82 Å². The lowest BCUT2D eigenvalue weighted by Gasteiger charge is -2.27. The van der Waals surface area contributed by atoms with Crippen molar-refractivity contribution < 1.29 is 0 Å². The van der Waals surface area contributed by atoms with Gasteiger partial charge in [0.25, 0.3) is 0 Å². The molecule has 0 atom stereocenters. The van der Waals surface area contributed by atoms with Crippen molar-refractivity contribution in [3.05, 3.63) is 61.1 Å². The highest BCUT2D eigenvalue weighted by atomic mass is 15.2. The van der Waals surface area contributed by atoms with Crippen molar-refractivity contribution in [2.24, 2.45) is 5.73 Å². The Balaban J connectivity index is 1.44. The molecule has 0 saturated heterocycles. The van der Waals surface area contributed by atoms with Crippen molar-refractivity contribution in [3.8, 4) is 11.1 Å². The van der Waals surface area contributed by atoms with Crippen LogP contribution in [0, 0.1) is 0 Å². The zero-order valence-corrected chi connectivity index (χ0v) is 17.6. The van der Waals surface area contributed by atoms with Crippen LogP contribution in [0.4, 0.5) is 17.5 Å². The highest BCUT2D eigenvalue weighted by molar-refractivity contribution is 5.95. The number of hydrogen-bond donors (Lipinski definition) is 3. The minimum Gasteiger partial charge on any atom is -0.351 e. The Morgan fingerprint density at radius 3 is 2.65 bits per heavy atom. The molecule has 0 unspecified atom stereocenters. The van der Waals surface area contributed by atoms with Crippen molar-refractivity contribution in [1.29, 1.82) is 0 Å². The largest absolute Gasteiger partial charge is 0.351 e. The Bertz CT molecular complexity index is 1160. The number of imidazole rings is 1. The predicted octanol–water partition coefficient (Wildman–Crippen LogP) is 4.47. The molecule has 2 aromatic carbocycles. The molecule has 0 aliphatic heterocycles. The summed E-state index contributed by atoms with van der Waals surface area (Å²) in [6.45, 7) is 0. The van der Waals surface area contributed by atoms with Crippen molar-refractivity contribution in [3.63, 3.8) is 0 Å². The fraction of sp³-hybridized carbons (Fsp3) is 0.292. The molecule has 7 heteroatoms. The number of aromatic nitrogens is 4. The average molecular weight is 414 g/mol. The van der Waals surface area contributed by atoms with Crippen LogP contribution in [-0.4, -0.2) is 39.1 Å². The number of nitrogens with zero attached hydrogens (tertiary/aromatic N) is 4. The Morgan fingerprint density at radius 2 is 1.84 bits per heavy atom. The standard InChI is InChI=1S/C24H27N7/c1-31(22-11-12-26-24(30-22)29-18-9-7-17(25)8-10-18)19-13-20(16-5-3-2-4-6-16)23-21(14-19)27-15-28-23/h2-6,11-15,17-18H,7-10,25H2,1H3,(H,27,28)(H,26,29,30). The van der Waals surface area contributed by atoms with Crippen LogP contribution in [0.25, 0.3) is 22.2 Å². The lowest BCUT2D eigenvalue weighted by molar-refractivity contribution is 0.410. The molecule has 2 heterocycles. The van der Waals surface area contributed by atoms with Gasteiger partial charge < -0.3 is 20.9 Å². The van der Waals surface area contributed by atoms with Gasteiger partial charge in [0.15, 0.2) is 0 Å². The minimum atomic E-state index is 0.327. The van der Waals surface area contributed by atoms with E-state index >= 15 is 0 Å². The van der Waals surface area contributed by atoms with Gasteiger partial charge in [-0.15, -0.1) is 0 Å². The summed E-state index contributed by atoms with van der Waals surface area (Å²) in [5, 5.41) is 3.49. The number of fused-ring (bicyclic) bond motifs is 1. The first-order valence-corrected chi connectivity index (χ1v) is 10.8. The van der Waals surface area contributed by atoms with Crippen LogP contribution < -0.4 is 16.0 Å². The van der Waals surface area contributed by atoms with Crippen LogP contribution >= 0.6 is 0 Å². The van der Waals surface area contributed by atoms with E-state index < -0.39 is 0 Å². The van der Waals surface area contributed by atoms with Crippen LogP contribution in [0.15, 0.2) is 61.1 Å². The van der Waals surface area contributed by atoms with Crippen LogP contribution in [-0.2, 0) is 0 Å². The summed E-state index contributed by atoms with van der Waals surface area (Å²) in [6, 6.07) is 17.2. The molecule has 2 aromatic heterocycles. The Labute approximate surface area is 181 Å². The normalized spacial score (nSPS) is 18.8. The third kappa shape index (κ3) is 4.09. The summed E-state index contributed by atoms with van der Waals surface area (Å²) in [6.07, 6.45) is 7.75. The zero-order valence-electron chi connectivity index (χ0n) is 17.6. The monoisotopic (exact) mass is 413 g/mol. The molecule has 1 aliphatic rings. The number of hydrogen-bond acceptors (Lipinski definition) is 6. The molecule has 4 N–H and O–H groups in total. The first kappa shape index (κ1) is 19.5. The van der Waals surface area contributed by atoms with E-state index in [2.05, 4.69) is 49.4 Å². The zero-order chi connectivity index (χ0) is 21.2. The van der Waals surface area contributed by atoms with Gasteiger partial charge in [-0.2, -0.15) is 4.98 Å². The van der Waals surface area contributed by atoms with Gasteiger partial charge in [0, 0.05) is 36.6 Å². The third-order valence-electron chi connectivity index (χ3n) is 6.07. The van der Waals surface area contributed by atoms with E-state index in [1.807, 2.05) is 37.5 Å². The summed E-state index contributed by atoms with van der Waals surface area (Å²) in [4.78, 5) is 19.1. The van der Waals surface area contributed by atoms with E-state index in [0.29, 0.717) is 18.0 Å². The second kappa shape index (κ2) is 8.35. The van der Waals surface area contributed by atoms with Gasteiger partial charge in [-0.05, 0) is 49.4 Å². The molecular formula is C24H27N7. The number of rotatable bonds is 5. The highest BCUT2D eigenvalue weighted by Gasteiger charge is 2.19. The summed E-state index contributed by atoms with van der Waals surface area (Å²) in [5.41, 5.74) is 11.2. The van der Waals surface area contributed by atoms with Crippen molar-refractivity contribution in [1.82, 2.24) is 19.9 Å². The van der Waals surface area contributed by atoms with Gasteiger partial charge >= 0.3 is 0 Å². The summed E-state index contributed by atoms with van der Waals surface area (Å²) in [7, 11) is 2.03. The summed E-state index contributed by atoms with van der Waals surface area (Å²) < 4.78 is 0. The van der Waals surface area contributed by atoms with E-state index in [1.54, 1.807) is 6.33 Å². The number of aromatic amines is 1. The van der Waals surface area contributed by atoms with Gasteiger partial charge in [0.2, 0.25) is 5.95 Å². The second-order valence-electron chi connectivity index (χ2n) is 8.21. The smallest absolute Gasteiger partial charge is 0.224 e. The van der Waals surface area contributed by atoms with E-state index in [-0.39, 0.29) is 0 Å². The van der Waals surface area contributed by atoms with Gasteiger partial charge in [-0.25, -0.2) is 9.97 Å². The molecule has 1 aliphatic carbocycles. The van der Waals surface area contributed by atoms with Crippen LogP contribution in [0.5, 0.6) is 0 Å². The lowest BCUT2D eigenvalue weighted by Crippen LogP contribution is -2.33. The SMILES string of the molecule is CN(c1cc(-c2ccccc2)c2nc[nH]c2c1)c1ccnc(NC2CCC(N)CC2)n1. The van der Waals surface area contributed by atoms with Crippen molar-refractivity contribution in [2.75, 3.05) is 17.3 Å². The third-order valence-corrected chi connectivity index (χ3v) is 6.07. The maximum Gasteiger partial charge on any atom is 0.224 e. The van der Waals surface area contributed by atoms with Gasteiger partial charge in [-0.3, -0.25) is 0 Å². The van der Waals surface area contributed by atoms with Gasteiger partial charge in [0.05, 0.1) is 17.4 Å². The van der Waals surface area contributed by atoms with Crippen molar-refractivity contribution in [2.45, 2.75) is 37.8 Å². The van der Waals surface area contributed by atoms with Gasteiger partial charge in [-0.1, -0.05) is 30.3 Å². The molecule has 0 radical (unpaired) electrons. The number of nitrogens with one attached hydrogen (secondary N) is 2. The minimum absolute atomic E-state index is 0.327. The lowest BCUT2D eigenvalue weighted by atomic mass is 9.92. The molecular weight excluding hydrogens is 386 g/mol. The topological polar surface area (TPSA) is 95.8 Å². The first-order valence-electron chi connectivity index (χ1n) is 10.8. The van der Waals surface area contributed by atoms with Crippen LogP contribution in [0.1, 0.15) is 25.7 Å². The summed E-state index contributed by atoms with van der Waals surface area (Å²) in [5.74, 6) is 1.50. The number of nitrogens with two attached hydrogens (primary N) is 1. The Hall–Kier alpha value is -3.45. The molecule has 5 rings (SSSR count). The predicted molar refractivity (Wildman–Crippen MR) is 125 cm³/mol. The molecule has 158 valence electrons. The molecule has 0 spiro atoms. The fourth-order valence-electron chi connectivity index (χ4n) is 4.25. The van der Waals surface area contributed by atoms with E-state index in [9.17, 15) is 0 Å². The van der Waals surface area contributed by atoms with E-state index in [4.69, 9.17) is 10.7 Å². The van der Waals surface area contributed by atoms with Crippen LogP contribution in [0.2, 0.25) is 0 Å². The molecule has 1 fully saturated rings. The maximum atomic E-state index is 6.03. The number of H-pyrrole nitrogens is 1. The van der Waals surface area contributed by atoms with E-state index in [1.165, 1.54) is 0 Å². The van der Waals surface area contributed by atoms with Crippen LogP contribution in [0.3, 0.4) is 0 Å². The molecule has 0 bridgehead atoms. The van der Waals surface area contributed by atoms with Crippen molar-refractivity contribution >= 4 is 28.5 Å². The summed E-state index contributed by atoms with van der Waals surface area (Å²) >= 11 is 0. The molecule has 31 heavy (non-hydrogen) atoms. The average Bonchev–Trinajstić information content (AvgIpc) is 3.29. The quantitative estimate of drug-likeness (QED) is 0.447. The first-order chi connectivity index (χ1) is 15.2. The second-order valence-corrected chi connectivity index (χ2v) is 8.21. The molecule has 4 aromatic rings. The number of benzene rings is 2.